The lowest BCUT2D eigenvalue weighted by Gasteiger charge is -2.15. The molecule has 1 atom stereocenters. The van der Waals surface area contributed by atoms with Gasteiger partial charge in [0.05, 0.1) is 11.7 Å². The summed E-state index contributed by atoms with van der Waals surface area (Å²) in [6.07, 6.45) is 5.74. The van der Waals surface area contributed by atoms with Gasteiger partial charge in [-0.05, 0) is 50.3 Å². The Labute approximate surface area is 149 Å². The Bertz CT molecular complexity index is 991. The third-order valence-corrected chi connectivity index (χ3v) is 5.94. The topological polar surface area (TPSA) is 64.0 Å². The summed E-state index contributed by atoms with van der Waals surface area (Å²) in [5, 5.41) is 3.56. The molecule has 2 heterocycles. The summed E-state index contributed by atoms with van der Waals surface area (Å²) >= 11 is 1.62. The molecule has 1 aliphatic carbocycles. The van der Waals surface area contributed by atoms with E-state index in [9.17, 15) is 9.59 Å². The van der Waals surface area contributed by atoms with Crippen LogP contribution in [0.3, 0.4) is 0 Å². The number of hydrogen-bond donors (Lipinski definition) is 1. The molecule has 2 aromatic heterocycles. The predicted molar refractivity (Wildman–Crippen MR) is 100 cm³/mol. The first-order chi connectivity index (χ1) is 12.1. The summed E-state index contributed by atoms with van der Waals surface area (Å²) in [7, 11) is 0. The van der Waals surface area contributed by atoms with Crippen molar-refractivity contribution in [3.8, 4) is 0 Å². The van der Waals surface area contributed by atoms with E-state index in [1.165, 1.54) is 22.2 Å². The van der Waals surface area contributed by atoms with E-state index in [0.717, 1.165) is 29.7 Å². The average molecular weight is 353 g/mol. The van der Waals surface area contributed by atoms with Gasteiger partial charge in [-0.15, -0.1) is 11.3 Å². The minimum atomic E-state index is -0.622. The summed E-state index contributed by atoms with van der Waals surface area (Å²) in [6, 6.07) is 8.63. The van der Waals surface area contributed by atoms with E-state index in [4.69, 9.17) is 0 Å². The molecule has 0 spiro atoms. The van der Waals surface area contributed by atoms with Crippen LogP contribution in [-0.2, 0) is 17.6 Å². The molecule has 25 heavy (non-hydrogen) atoms. The number of thiophene rings is 1. The molecule has 128 valence electrons. The van der Waals surface area contributed by atoms with E-state index in [-0.39, 0.29) is 11.5 Å². The summed E-state index contributed by atoms with van der Waals surface area (Å²) in [5.41, 5.74) is 1.75. The molecule has 3 aromatic rings. The van der Waals surface area contributed by atoms with E-state index < -0.39 is 6.04 Å². The first-order valence-corrected chi connectivity index (χ1v) is 9.34. The fourth-order valence-electron chi connectivity index (χ4n) is 3.33. The second kappa shape index (κ2) is 6.44. The molecule has 5 nitrogen and oxygen atoms in total. The SMILES string of the molecule is CC(C(=O)Nc1ccccc1)n1cnc2sc3c(c2c1=O)CCCC3. The Morgan fingerprint density at radius 1 is 1.24 bits per heavy atom. The van der Waals surface area contributed by atoms with Gasteiger partial charge in [0, 0.05) is 10.6 Å². The number of carbonyl (C=O) groups excluding carboxylic acids is 1. The van der Waals surface area contributed by atoms with Gasteiger partial charge in [-0.3, -0.25) is 14.2 Å². The van der Waals surface area contributed by atoms with Gasteiger partial charge in [0.2, 0.25) is 5.91 Å². The molecular weight excluding hydrogens is 334 g/mol. The summed E-state index contributed by atoms with van der Waals surface area (Å²) in [4.78, 5) is 32.1. The van der Waals surface area contributed by atoms with Crippen molar-refractivity contribution >= 4 is 33.1 Å². The highest BCUT2D eigenvalue weighted by molar-refractivity contribution is 7.18. The number of fused-ring (bicyclic) bond motifs is 3. The molecule has 6 heteroatoms. The van der Waals surface area contributed by atoms with Gasteiger partial charge in [0.25, 0.3) is 5.56 Å². The molecule has 1 N–H and O–H groups in total. The zero-order valence-corrected chi connectivity index (χ0v) is 14.8. The number of carbonyl (C=O) groups is 1. The fourth-order valence-corrected chi connectivity index (χ4v) is 4.55. The van der Waals surface area contributed by atoms with Crippen LogP contribution in [0.2, 0.25) is 0 Å². The molecule has 1 aliphatic rings. The molecule has 0 radical (unpaired) electrons. The quantitative estimate of drug-likeness (QED) is 0.783. The number of anilines is 1. The monoisotopic (exact) mass is 353 g/mol. The molecule has 0 bridgehead atoms. The van der Waals surface area contributed by atoms with Crippen LogP contribution in [0.1, 0.15) is 36.2 Å². The number of para-hydroxylation sites is 1. The highest BCUT2D eigenvalue weighted by Crippen LogP contribution is 2.33. The maximum atomic E-state index is 13.0. The van der Waals surface area contributed by atoms with Crippen LogP contribution in [0.4, 0.5) is 5.69 Å². The third kappa shape index (κ3) is 2.87. The first kappa shape index (κ1) is 16.0. The van der Waals surface area contributed by atoms with Crippen molar-refractivity contribution in [3.05, 3.63) is 57.5 Å². The Kier molecular flexibility index (Phi) is 4.13. The standard InChI is InChI=1S/C19H19N3O2S/c1-12(17(23)21-13-7-3-2-4-8-13)22-11-20-18-16(19(22)24)14-9-5-6-10-15(14)25-18/h2-4,7-8,11-12H,5-6,9-10H2,1H3,(H,21,23). The average Bonchev–Trinajstić information content (AvgIpc) is 3.01. The van der Waals surface area contributed by atoms with E-state index >= 15 is 0 Å². The second-order valence-corrected chi connectivity index (χ2v) is 7.46. The molecule has 1 amide bonds. The predicted octanol–water partition coefficient (Wildman–Crippen LogP) is 3.54. The van der Waals surface area contributed by atoms with Crippen molar-refractivity contribution in [2.75, 3.05) is 5.32 Å². The van der Waals surface area contributed by atoms with Crippen LogP contribution in [0.5, 0.6) is 0 Å². The van der Waals surface area contributed by atoms with Crippen LogP contribution >= 0.6 is 11.3 Å². The molecule has 1 unspecified atom stereocenters. The lowest BCUT2D eigenvalue weighted by Crippen LogP contribution is -2.32. The van der Waals surface area contributed by atoms with Crippen LogP contribution in [0.15, 0.2) is 41.5 Å². The van der Waals surface area contributed by atoms with Crippen molar-refractivity contribution in [2.24, 2.45) is 0 Å². The van der Waals surface area contributed by atoms with Gasteiger partial charge in [-0.1, -0.05) is 18.2 Å². The molecule has 4 rings (SSSR count). The summed E-state index contributed by atoms with van der Waals surface area (Å²) in [6.45, 7) is 1.73. The molecule has 0 saturated carbocycles. The number of rotatable bonds is 3. The lowest BCUT2D eigenvalue weighted by atomic mass is 9.97. The lowest BCUT2D eigenvalue weighted by molar-refractivity contribution is -0.118. The molecule has 0 aliphatic heterocycles. The Balaban J connectivity index is 1.70. The number of benzene rings is 1. The number of amides is 1. The summed E-state index contributed by atoms with van der Waals surface area (Å²) < 4.78 is 1.45. The van der Waals surface area contributed by atoms with Gasteiger partial charge in [0.15, 0.2) is 0 Å². The largest absolute Gasteiger partial charge is 0.324 e. The number of hydrogen-bond acceptors (Lipinski definition) is 4. The van der Waals surface area contributed by atoms with Crippen molar-refractivity contribution in [1.82, 2.24) is 9.55 Å². The first-order valence-electron chi connectivity index (χ1n) is 8.52. The number of aryl methyl sites for hydroxylation is 2. The zero-order chi connectivity index (χ0) is 17.4. The van der Waals surface area contributed by atoms with E-state index in [1.54, 1.807) is 18.3 Å². The van der Waals surface area contributed by atoms with Gasteiger partial charge >= 0.3 is 0 Å². The number of nitrogens with zero attached hydrogens (tertiary/aromatic N) is 2. The van der Waals surface area contributed by atoms with Crippen LogP contribution < -0.4 is 10.9 Å². The van der Waals surface area contributed by atoms with E-state index in [2.05, 4.69) is 10.3 Å². The maximum absolute atomic E-state index is 13.0. The van der Waals surface area contributed by atoms with Crippen molar-refractivity contribution in [1.29, 1.82) is 0 Å². The van der Waals surface area contributed by atoms with E-state index in [0.29, 0.717) is 11.1 Å². The van der Waals surface area contributed by atoms with E-state index in [1.807, 2.05) is 30.3 Å². The Hall–Kier alpha value is -2.47. The van der Waals surface area contributed by atoms with Gasteiger partial charge in [-0.2, -0.15) is 0 Å². The minimum absolute atomic E-state index is 0.111. The second-order valence-electron chi connectivity index (χ2n) is 6.38. The third-order valence-electron chi connectivity index (χ3n) is 4.74. The fraction of sp³-hybridized carbons (Fsp3) is 0.316. The normalized spacial score (nSPS) is 14.9. The van der Waals surface area contributed by atoms with Crippen LogP contribution in [0, 0.1) is 0 Å². The Morgan fingerprint density at radius 3 is 2.80 bits per heavy atom. The van der Waals surface area contributed by atoms with Crippen LogP contribution in [-0.4, -0.2) is 15.5 Å². The maximum Gasteiger partial charge on any atom is 0.263 e. The number of aromatic nitrogens is 2. The molecule has 1 aromatic carbocycles. The number of nitrogens with one attached hydrogen (secondary N) is 1. The molecule has 0 saturated heterocycles. The molecule has 0 fully saturated rings. The van der Waals surface area contributed by atoms with Crippen molar-refractivity contribution in [3.63, 3.8) is 0 Å². The van der Waals surface area contributed by atoms with Crippen molar-refractivity contribution < 1.29 is 4.79 Å². The molecular formula is C19H19N3O2S. The van der Waals surface area contributed by atoms with Crippen LogP contribution in [0.25, 0.3) is 10.2 Å². The van der Waals surface area contributed by atoms with Gasteiger partial charge in [-0.25, -0.2) is 4.98 Å². The highest BCUT2D eigenvalue weighted by atomic mass is 32.1. The highest BCUT2D eigenvalue weighted by Gasteiger charge is 2.23. The van der Waals surface area contributed by atoms with Crippen molar-refractivity contribution in [2.45, 2.75) is 38.6 Å². The zero-order valence-electron chi connectivity index (χ0n) is 14.0. The van der Waals surface area contributed by atoms with Gasteiger partial charge in [0.1, 0.15) is 10.9 Å². The smallest absolute Gasteiger partial charge is 0.263 e. The Morgan fingerprint density at radius 2 is 2.00 bits per heavy atom. The minimum Gasteiger partial charge on any atom is -0.324 e. The summed E-state index contributed by atoms with van der Waals surface area (Å²) in [5.74, 6) is -0.224. The van der Waals surface area contributed by atoms with Gasteiger partial charge < -0.3 is 5.32 Å².